The Morgan fingerprint density at radius 3 is 2.85 bits per heavy atom. The summed E-state index contributed by atoms with van der Waals surface area (Å²) in [5.41, 5.74) is 3.95. The number of halogens is 1. The van der Waals surface area contributed by atoms with Gasteiger partial charge in [-0.2, -0.15) is 0 Å². The molecule has 1 aliphatic heterocycles. The van der Waals surface area contributed by atoms with Crippen molar-refractivity contribution in [1.82, 2.24) is 0 Å². The lowest BCUT2D eigenvalue weighted by atomic mass is 9.95. The zero-order chi connectivity index (χ0) is 14.1. The quantitative estimate of drug-likeness (QED) is 0.853. The number of hydrogen-bond acceptors (Lipinski definition) is 2. The third kappa shape index (κ3) is 2.31. The summed E-state index contributed by atoms with van der Waals surface area (Å²) in [5.74, 6) is -0.0857. The van der Waals surface area contributed by atoms with Crippen LogP contribution >= 0.6 is 15.9 Å². The topological polar surface area (TPSA) is 46.5 Å². The first kappa shape index (κ1) is 13.2. The van der Waals surface area contributed by atoms with E-state index >= 15 is 0 Å². The van der Waals surface area contributed by atoms with Gasteiger partial charge >= 0.3 is 5.97 Å². The van der Waals surface area contributed by atoms with Crippen molar-refractivity contribution < 1.29 is 14.6 Å². The summed E-state index contributed by atoms with van der Waals surface area (Å²) < 4.78 is 5.84. The van der Waals surface area contributed by atoms with Gasteiger partial charge in [0, 0.05) is 5.56 Å². The maximum absolute atomic E-state index is 11.0. The molecule has 2 aromatic rings. The largest absolute Gasteiger partial charge is 0.489 e. The molecule has 0 aromatic heterocycles. The number of alkyl halides is 1. The van der Waals surface area contributed by atoms with Gasteiger partial charge in [-0.15, -0.1) is 0 Å². The maximum atomic E-state index is 11.0. The van der Waals surface area contributed by atoms with Crippen molar-refractivity contribution in [2.75, 3.05) is 0 Å². The van der Waals surface area contributed by atoms with Gasteiger partial charge in [-0.3, -0.25) is 4.79 Å². The molecule has 0 radical (unpaired) electrons. The summed E-state index contributed by atoms with van der Waals surface area (Å²) in [5, 5.41) is 9.06. The molecule has 0 saturated heterocycles. The van der Waals surface area contributed by atoms with E-state index in [2.05, 4.69) is 15.9 Å². The Hall–Kier alpha value is -1.81. The van der Waals surface area contributed by atoms with E-state index < -0.39 is 5.97 Å². The predicted octanol–water partition coefficient (Wildman–Crippen LogP) is 3.69. The van der Waals surface area contributed by atoms with E-state index in [0.717, 1.165) is 28.0 Å². The van der Waals surface area contributed by atoms with E-state index in [1.165, 1.54) is 0 Å². The van der Waals surface area contributed by atoms with Gasteiger partial charge in [0.2, 0.25) is 0 Å². The number of carboxylic acids is 1. The molecule has 0 bridgehead atoms. The molecular formula is C16H13BrO3. The zero-order valence-corrected chi connectivity index (χ0v) is 12.3. The van der Waals surface area contributed by atoms with Gasteiger partial charge < -0.3 is 9.84 Å². The van der Waals surface area contributed by atoms with E-state index in [4.69, 9.17) is 9.84 Å². The molecule has 1 aliphatic rings. The summed E-state index contributed by atoms with van der Waals surface area (Å²) in [6.07, 6.45) is -0.00317. The number of benzene rings is 2. The maximum Gasteiger partial charge on any atom is 0.307 e. The molecule has 1 heterocycles. The summed E-state index contributed by atoms with van der Waals surface area (Å²) >= 11 is 3.70. The van der Waals surface area contributed by atoms with Crippen LogP contribution in [0.3, 0.4) is 0 Å². The molecule has 1 unspecified atom stereocenters. The van der Waals surface area contributed by atoms with Crippen LogP contribution in [0.1, 0.15) is 27.1 Å². The minimum atomic E-state index is -0.837. The number of ether oxygens (including phenoxy) is 1. The van der Waals surface area contributed by atoms with Crippen molar-refractivity contribution >= 4 is 21.9 Å². The summed E-state index contributed by atoms with van der Waals surface area (Å²) in [7, 11) is 0. The number of carbonyl (C=O) groups is 1. The van der Waals surface area contributed by atoms with Crippen LogP contribution in [0.25, 0.3) is 0 Å². The van der Waals surface area contributed by atoms with Crippen LogP contribution in [0.5, 0.6) is 5.75 Å². The van der Waals surface area contributed by atoms with E-state index in [9.17, 15) is 4.79 Å². The molecule has 102 valence electrons. The van der Waals surface area contributed by atoms with Gasteiger partial charge in [0.05, 0.1) is 11.2 Å². The highest BCUT2D eigenvalue weighted by Crippen LogP contribution is 2.42. The Kier molecular flexibility index (Phi) is 3.49. The van der Waals surface area contributed by atoms with Crippen molar-refractivity contribution in [2.45, 2.75) is 17.9 Å². The number of aliphatic carboxylic acids is 1. The van der Waals surface area contributed by atoms with Gasteiger partial charge in [-0.1, -0.05) is 52.3 Å². The highest BCUT2D eigenvalue weighted by molar-refractivity contribution is 9.09. The molecule has 4 heteroatoms. The molecule has 20 heavy (non-hydrogen) atoms. The van der Waals surface area contributed by atoms with Gasteiger partial charge in [-0.25, -0.2) is 0 Å². The monoisotopic (exact) mass is 332 g/mol. The smallest absolute Gasteiger partial charge is 0.307 e. The number of rotatable bonds is 2. The van der Waals surface area contributed by atoms with Crippen LogP contribution in [0.4, 0.5) is 0 Å². The number of carboxylic acid groups (broad SMARTS) is 1. The van der Waals surface area contributed by atoms with E-state index in [-0.39, 0.29) is 11.2 Å². The lowest BCUT2D eigenvalue weighted by molar-refractivity contribution is -0.136. The van der Waals surface area contributed by atoms with Crippen LogP contribution in [0, 0.1) is 0 Å². The minimum absolute atomic E-state index is 0.00317. The molecule has 1 atom stereocenters. The van der Waals surface area contributed by atoms with Crippen LogP contribution in [0.2, 0.25) is 0 Å². The first-order valence-corrected chi connectivity index (χ1v) is 7.26. The van der Waals surface area contributed by atoms with Crippen LogP contribution < -0.4 is 4.74 Å². The minimum Gasteiger partial charge on any atom is -0.489 e. The standard InChI is InChI=1S/C16H13BrO3/c17-16-12-6-2-1-4-11(12)9-20-13-7-3-5-10(15(13)16)8-14(18)19/h1-7,16H,8-9H2,(H,18,19). The Bertz CT molecular complexity index is 667. The molecule has 3 rings (SSSR count). The molecule has 2 aromatic carbocycles. The van der Waals surface area contributed by atoms with E-state index in [0.29, 0.717) is 6.61 Å². The summed E-state index contributed by atoms with van der Waals surface area (Å²) in [4.78, 5) is 11.0. The van der Waals surface area contributed by atoms with Crippen LogP contribution in [-0.2, 0) is 17.8 Å². The second-order valence-electron chi connectivity index (χ2n) is 4.75. The fraction of sp³-hybridized carbons (Fsp3) is 0.188. The molecular weight excluding hydrogens is 320 g/mol. The predicted molar refractivity (Wildman–Crippen MR) is 79.3 cm³/mol. The normalized spacial score (nSPS) is 16.6. The van der Waals surface area contributed by atoms with Gasteiger partial charge in [0.1, 0.15) is 12.4 Å². The van der Waals surface area contributed by atoms with Crippen molar-refractivity contribution in [2.24, 2.45) is 0 Å². The lowest BCUT2D eigenvalue weighted by Gasteiger charge is -2.16. The Morgan fingerprint density at radius 1 is 1.25 bits per heavy atom. The first-order chi connectivity index (χ1) is 9.66. The fourth-order valence-electron chi connectivity index (χ4n) is 2.54. The Balaban J connectivity index is 2.15. The molecule has 0 saturated carbocycles. The summed E-state index contributed by atoms with van der Waals surface area (Å²) in [6, 6.07) is 13.6. The number of hydrogen-bond donors (Lipinski definition) is 1. The van der Waals surface area contributed by atoms with E-state index in [1.807, 2.05) is 42.5 Å². The van der Waals surface area contributed by atoms with Crippen molar-refractivity contribution in [1.29, 1.82) is 0 Å². The second kappa shape index (κ2) is 5.29. The SMILES string of the molecule is O=C(O)Cc1cccc2c1C(Br)c1ccccc1CO2. The third-order valence-corrected chi connectivity index (χ3v) is 4.41. The molecule has 0 fully saturated rings. The molecule has 3 nitrogen and oxygen atoms in total. The fourth-order valence-corrected chi connectivity index (χ4v) is 3.51. The van der Waals surface area contributed by atoms with Gasteiger partial charge in [0.15, 0.2) is 0 Å². The van der Waals surface area contributed by atoms with E-state index in [1.54, 1.807) is 0 Å². The number of fused-ring (bicyclic) bond motifs is 2. The van der Waals surface area contributed by atoms with Gasteiger partial charge in [0.25, 0.3) is 0 Å². The Labute approximate surface area is 125 Å². The first-order valence-electron chi connectivity index (χ1n) is 6.35. The van der Waals surface area contributed by atoms with Crippen molar-refractivity contribution in [3.63, 3.8) is 0 Å². The highest BCUT2D eigenvalue weighted by atomic mass is 79.9. The average molecular weight is 333 g/mol. The molecule has 0 aliphatic carbocycles. The molecule has 1 N–H and O–H groups in total. The zero-order valence-electron chi connectivity index (χ0n) is 10.7. The second-order valence-corrected chi connectivity index (χ2v) is 5.67. The molecule has 0 spiro atoms. The van der Waals surface area contributed by atoms with Crippen molar-refractivity contribution in [3.8, 4) is 5.75 Å². The average Bonchev–Trinajstić information content (AvgIpc) is 2.57. The van der Waals surface area contributed by atoms with Crippen LogP contribution in [-0.4, -0.2) is 11.1 Å². The third-order valence-electron chi connectivity index (χ3n) is 3.46. The summed E-state index contributed by atoms with van der Waals surface area (Å²) in [6.45, 7) is 0.502. The highest BCUT2D eigenvalue weighted by Gasteiger charge is 2.25. The molecule has 0 amide bonds. The van der Waals surface area contributed by atoms with Crippen LogP contribution in [0.15, 0.2) is 42.5 Å². The van der Waals surface area contributed by atoms with Crippen molar-refractivity contribution in [3.05, 3.63) is 64.7 Å². The lowest BCUT2D eigenvalue weighted by Crippen LogP contribution is -2.06. The Morgan fingerprint density at radius 2 is 2.05 bits per heavy atom. The van der Waals surface area contributed by atoms with Gasteiger partial charge in [-0.05, 0) is 22.8 Å².